The van der Waals surface area contributed by atoms with Crippen LogP contribution in [0.3, 0.4) is 0 Å². The van der Waals surface area contributed by atoms with Gasteiger partial charge in [0, 0.05) is 23.8 Å². The summed E-state index contributed by atoms with van der Waals surface area (Å²) in [5, 5.41) is 3.83. The molecule has 8 heteroatoms. The lowest BCUT2D eigenvalue weighted by atomic mass is 10.1. The minimum atomic E-state index is -3.39. The minimum Gasteiger partial charge on any atom is -0.348 e. The van der Waals surface area contributed by atoms with Crippen LogP contribution < -0.4 is 10.0 Å². The first-order valence-corrected chi connectivity index (χ1v) is 11.3. The third kappa shape index (κ3) is 4.35. The van der Waals surface area contributed by atoms with Gasteiger partial charge in [0.25, 0.3) is 5.91 Å². The van der Waals surface area contributed by atoms with E-state index in [0.29, 0.717) is 11.1 Å². The van der Waals surface area contributed by atoms with Crippen molar-refractivity contribution in [2.24, 2.45) is 0 Å². The van der Waals surface area contributed by atoms with Crippen LogP contribution in [-0.4, -0.2) is 25.9 Å². The van der Waals surface area contributed by atoms with Gasteiger partial charge in [-0.15, -0.1) is 11.3 Å². The quantitative estimate of drug-likeness (QED) is 0.620. The highest BCUT2D eigenvalue weighted by Crippen LogP contribution is 2.31. The summed E-state index contributed by atoms with van der Waals surface area (Å²) < 4.78 is 28.1. The summed E-state index contributed by atoms with van der Waals surface area (Å²) in [7, 11) is -2.00. The molecular weight excluding hydrogens is 394 g/mol. The predicted molar refractivity (Wildman–Crippen MR) is 112 cm³/mol. The van der Waals surface area contributed by atoms with Gasteiger partial charge in [-0.1, -0.05) is 24.3 Å². The van der Waals surface area contributed by atoms with E-state index in [-0.39, 0.29) is 18.2 Å². The number of benzene rings is 1. The molecule has 0 fully saturated rings. The Morgan fingerprint density at radius 2 is 1.71 bits per heavy atom. The zero-order valence-corrected chi connectivity index (χ0v) is 17.7. The molecule has 2 N–H and O–H groups in total. The van der Waals surface area contributed by atoms with E-state index in [1.165, 1.54) is 7.05 Å². The standard InChI is InChI=1S/C20H23N3O3S2/c1-14-15(2)27-20(23-10-6-7-11-23)18(14)19(24)22-12-16-8-4-5-9-17(16)13-28(25,26)21-3/h4-11,21H,12-13H2,1-3H3,(H,22,24). The van der Waals surface area contributed by atoms with E-state index >= 15 is 0 Å². The lowest BCUT2D eigenvalue weighted by Gasteiger charge is -2.12. The van der Waals surface area contributed by atoms with E-state index in [1.807, 2.05) is 55.1 Å². The van der Waals surface area contributed by atoms with Crippen molar-refractivity contribution in [3.63, 3.8) is 0 Å². The maximum atomic E-state index is 13.0. The Bertz CT molecular complexity index is 1080. The second-order valence-corrected chi connectivity index (χ2v) is 9.60. The molecule has 0 saturated carbocycles. The fourth-order valence-corrected chi connectivity index (χ4v) is 4.90. The highest BCUT2D eigenvalue weighted by Gasteiger charge is 2.21. The van der Waals surface area contributed by atoms with Gasteiger partial charge in [-0.3, -0.25) is 4.79 Å². The lowest BCUT2D eigenvalue weighted by molar-refractivity contribution is 0.0950. The normalized spacial score (nSPS) is 11.5. The van der Waals surface area contributed by atoms with Crippen LogP contribution in [-0.2, 0) is 22.3 Å². The number of hydrogen-bond donors (Lipinski definition) is 2. The summed E-state index contributed by atoms with van der Waals surface area (Å²) in [6.07, 6.45) is 3.83. The maximum absolute atomic E-state index is 13.0. The predicted octanol–water partition coefficient (Wildman–Crippen LogP) is 3.13. The smallest absolute Gasteiger partial charge is 0.254 e. The van der Waals surface area contributed by atoms with E-state index in [4.69, 9.17) is 0 Å². The van der Waals surface area contributed by atoms with Gasteiger partial charge in [-0.25, -0.2) is 13.1 Å². The second kappa shape index (κ2) is 8.30. The van der Waals surface area contributed by atoms with Crippen LogP contribution in [0.2, 0.25) is 0 Å². The molecule has 2 aromatic heterocycles. The van der Waals surface area contributed by atoms with Gasteiger partial charge in [0.2, 0.25) is 10.0 Å². The van der Waals surface area contributed by atoms with Crippen LogP contribution in [0.4, 0.5) is 0 Å². The van der Waals surface area contributed by atoms with Crippen molar-refractivity contribution in [3.8, 4) is 5.00 Å². The van der Waals surface area contributed by atoms with Gasteiger partial charge in [0.1, 0.15) is 5.00 Å². The Labute approximate surface area is 169 Å². The topological polar surface area (TPSA) is 80.2 Å². The number of carbonyl (C=O) groups is 1. The second-order valence-electron chi connectivity index (χ2n) is 6.47. The third-order valence-electron chi connectivity index (χ3n) is 4.65. The number of hydrogen-bond acceptors (Lipinski definition) is 4. The number of rotatable bonds is 7. The van der Waals surface area contributed by atoms with Crippen LogP contribution in [0.1, 0.15) is 31.9 Å². The Balaban J connectivity index is 1.83. The number of sulfonamides is 1. The average molecular weight is 418 g/mol. The summed E-state index contributed by atoms with van der Waals surface area (Å²) in [6, 6.07) is 11.1. The van der Waals surface area contributed by atoms with Crippen molar-refractivity contribution < 1.29 is 13.2 Å². The molecule has 2 heterocycles. The molecule has 0 saturated heterocycles. The fourth-order valence-electron chi connectivity index (χ4n) is 2.94. The van der Waals surface area contributed by atoms with Crippen molar-refractivity contribution in [1.82, 2.24) is 14.6 Å². The van der Waals surface area contributed by atoms with E-state index in [9.17, 15) is 13.2 Å². The van der Waals surface area contributed by atoms with Gasteiger partial charge in [0.05, 0.1) is 11.3 Å². The highest BCUT2D eigenvalue weighted by atomic mass is 32.2. The molecule has 28 heavy (non-hydrogen) atoms. The SMILES string of the molecule is CNS(=O)(=O)Cc1ccccc1CNC(=O)c1c(-n2cccc2)sc(C)c1C. The molecular formula is C20H23N3O3S2. The molecule has 0 bridgehead atoms. The molecule has 6 nitrogen and oxygen atoms in total. The number of nitrogens with zero attached hydrogens (tertiary/aromatic N) is 1. The maximum Gasteiger partial charge on any atom is 0.254 e. The van der Waals surface area contributed by atoms with Crippen LogP contribution in [0.25, 0.3) is 5.00 Å². The molecule has 1 amide bonds. The van der Waals surface area contributed by atoms with E-state index in [1.54, 1.807) is 23.5 Å². The zero-order chi connectivity index (χ0) is 20.3. The number of nitrogens with one attached hydrogen (secondary N) is 2. The average Bonchev–Trinajstić information content (AvgIpc) is 3.29. The van der Waals surface area contributed by atoms with Crippen molar-refractivity contribution in [1.29, 1.82) is 0 Å². The van der Waals surface area contributed by atoms with Gasteiger partial charge >= 0.3 is 0 Å². The zero-order valence-electron chi connectivity index (χ0n) is 16.0. The molecule has 3 rings (SSSR count). The van der Waals surface area contributed by atoms with E-state index in [2.05, 4.69) is 10.0 Å². The Hall–Kier alpha value is -2.42. The Morgan fingerprint density at radius 1 is 1.07 bits per heavy atom. The lowest BCUT2D eigenvalue weighted by Crippen LogP contribution is -2.26. The molecule has 0 aliphatic rings. The van der Waals surface area contributed by atoms with Gasteiger partial charge < -0.3 is 9.88 Å². The van der Waals surface area contributed by atoms with Crippen LogP contribution in [0, 0.1) is 13.8 Å². The number of carbonyl (C=O) groups excluding carboxylic acids is 1. The van der Waals surface area contributed by atoms with Crippen LogP contribution in [0.15, 0.2) is 48.8 Å². The molecule has 148 valence electrons. The van der Waals surface area contributed by atoms with Gasteiger partial charge in [-0.05, 0) is 49.7 Å². The van der Waals surface area contributed by atoms with E-state index in [0.717, 1.165) is 21.0 Å². The first-order chi connectivity index (χ1) is 13.3. The number of aryl methyl sites for hydroxylation is 1. The first kappa shape index (κ1) is 20.3. The summed E-state index contributed by atoms with van der Waals surface area (Å²) >= 11 is 1.58. The monoisotopic (exact) mass is 417 g/mol. The molecule has 1 aromatic carbocycles. The number of aromatic nitrogens is 1. The largest absolute Gasteiger partial charge is 0.348 e. The number of thiophene rings is 1. The van der Waals surface area contributed by atoms with Crippen molar-refractivity contribution in [2.75, 3.05) is 7.05 Å². The molecule has 0 radical (unpaired) electrons. The summed E-state index contributed by atoms with van der Waals surface area (Å²) in [4.78, 5) is 14.1. The number of amides is 1. The minimum absolute atomic E-state index is 0.124. The van der Waals surface area contributed by atoms with E-state index < -0.39 is 10.0 Å². The molecule has 0 aliphatic heterocycles. The first-order valence-electron chi connectivity index (χ1n) is 8.82. The highest BCUT2D eigenvalue weighted by molar-refractivity contribution is 7.88. The molecule has 0 atom stereocenters. The summed E-state index contributed by atoms with van der Waals surface area (Å²) in [5.41, 5.74) is 3.05. The van der Waals surface area contributed by atoms with Crippen LogP contribution in [0.5, 0.6) is 0 Å². The molecule has 3 aromatic rings. The van der Waals surface area contributed by atoms with Gasteiger partial charge in [-0.2, -0.15) is 0 Å². The van der Waals surface area contributed by atoms with Crippen molar-refractivity contribution in [2.45, 2.75) is 26.1 Å². The van der Waals surface area contributed by atoms with Crippen molar-refractivity contribution in [3.05, 3.63) is 75.9 Å². The Morgan fingerprint density at radius 3 is 2.36 bits per heavy atom. The fraction of sp³-hybridized carbons (Fsp3) is 0.250. The Kier molecular flexibility index (Phi) is 6.02. The molecule has 0 aliphatic carbocycles. The molecule has 0 spiro atoms. The van der Waals surface area contributed by atoms with Crippen LogP contribution >= 0.6 is 11.3 Å². The van der Waals surface area contributed by atoms with Crippen molar-refractivity contribution >= 4 is 27.3 Å². The summed E-state index contributed by atoms with van der Waals surface area (Å²) in [5.74, 6) is -0.294. The van der Waals surface area contributed by atoms with Gasteiger partial charge in [0.15, 0.2) is 0 Å². The summed E-state index contributed by atoms with van der Waals surface area (Å²) in [6.45, 7) is 4.20. The molecule has 0 unspecified atom stereocenters. The third-order valence-corrected chi connectivity index (χ3v) is 7.18.